The van der Waals surface area contributed by atoms with E-state index in [-0.39, 0.29) is 0 Å². The molecule has 0 aliphatic carbocycles. The van der Waals surface area contributed by atoms with E-state index in [4.69, 9.17) is 4.74 Å². The van der Waals surface area contributed by atoms with Crippen molar-refractivity contribution < 1.29 is 4.74 Å². The quantitative estimate of drug-likeness (QED) is 0.834. The first-order valence-electron chi connectivity index (χ1n) is 5.93. The zero-order valence-corrected chi connectivity index (χ0v) is 11.9. The smallest absolute Gasteiger partial charge is 0.119 e. The number of para-hydroxylation sites is 1. The molecule has 0 aliphatic heterocycles. The number of hydrogen-bond donors (Lipinski definition) is 1. The van der Waals surface area contributed by atoms with Gasteiger partial charge in [0.2, 0.25) is 0 Å². The zero-order valence-electron chi connectivity index (χ0n) is 10.3. The van der Waals surface area contributed by atoms with Crippen molar-refractivity contribution in [3.63, 3.8) is 0 Å². The van der Waals surface area contributed by atoms with E-state index in [9.17, 15) is 0 Å². The first-order chi connectivity index (χ1) is 8.75. The third-order valence-corrected chi connectivity index (χ3v) is 3.11. The number of nitrogens with one attached hydrogen (secondary N) is 1. The highest BCUT2D eigenvalue weighted by Crippen LogP contribution is 2.19. The lowest BCUT2D eigenvalue weighted by Crippen LogP contribution is -2.12. The molecule has 94 valence electrons. The van der Waals surface area contributed by atoms with Crippen LogP contribution in [0, 0.1) is 6.92 Å². The van der Waals surface area contributed by atoms with E-state index >= 15 is 0 Å². The number of rotatable bonds is 5. The molecule has 0 heterocycles. The first kappa shape index (κ1) is 13.0. The van der Waals surface area contributed by atoms with Gasteiger partial charge in [-0.1, -0.05) is 34.1 Å². The lowest BCUT2D eigenvalue weighted by atomic mass is 10.2. The third kappa shape index (κ3) is 3.77. The Hall–Kier alpha value is -1.48. The largest absolute Gasteiger partial charge is 0.492 e. The average Bonchev–Trinajstić information content (AvgIpc) is 2.38. The van der Waals surface area contributed by atoms with Gasteiger partial charge in [-0.3, -0.25) is 0 Å². The second kappa shape index (κ2) is 6.45. The zero-order chi connectivity index (χ0) is 12.8. The van der Waals surface area contributed by atoms with Crippen molar-refractivity contribution in [3.05, 3.63) is 58.6 Å². The molecule has 0 aliphatic rings. The van der Waals surface area contributed by atoms with E-state index in [0.29, 0.717) is 6.61 Å². The molecule has 1 N–H and O–H groups in total. The van der Waals surface area contributed by atoms with Crippen molar-refractivity contribution >= 4 is 21.6 Å². The van der Waals surface area contributed by atoms with E-state index < -0.39 is 0 Å². The maximum absolute atomic E-state index is 5.62. The van der Waals surface area contributed by atoms with Crippen LogP contribution in [0.15, 0.2) is 53.0 Å². The van der Waals surface area contributed by atoms with Gasteiger partial charge in [0.05, 0.1) is 0 Å². The van der Waals surface area contributed by atoms with Crippen LogP contribution < -0.4 is 10.1 Å². The van der Waals surface area contributed by atoms with E-state index in [0.717, 1.165) is 22.5 Å². The van der Waals surface area contributed by atoms with Gasteiger partial charge in [-0.05, 0) is 42.8 Å². The molecule has 0 atom stereocenters. The third-order valence-electron chi connectivity index (χ3n) is 2.62. The van der Waals surface area contributed by atoms with Crippen molar-refractivity contribution in [2.75, 3.05) is 18.5 Å². The minimum Gasteiger partial charge on any atom is -0.492 e. The predicted molar refractivity (Wildman–Crippen MR) is 79.3 cm³/mol. The minimum absolute atomic E-state index is 0.652. The molecular weight excluding hydrogens is 290 g/mol. The van der Waals surface area contributed by atoms with Crippen molar-refractivity contribution in [1.82, 2.24) is 0 Å². The second-order valence-electron chi connectivity index (χ2n) is 4.05. The van der Waals surface area contributed by atoms with Gasteiger partial charge in [-0.15, -0.1) is 0 Å². The number of aryl methyl sites for hydroxylation is 1. The summed E-state index contributed by atoms with van der Waals surface area (Å²) in [6.07, 6.45) is 0. The summed E-state index contributed by atoms with van der Waals surface area (Å²) in [4.78, 5) is 0. The van der Waals surface area contributed by atoms with Gasteiger partial charge in [-0.25, -0.2) is 0 Å². The van der Waals surface area contributed by atoms with Crippen LogP contribution in [0.25, 0.3) is 0 Å². The molecule has 0 aromatic heterocycles. The Kier molecular flexibility index (Phi) is 4.65. The first-order valence-corrected chi connectivity index (χ1v) is 6.73. The Balaban J connectivity index is 1.79. The van der Waals surface area contributed by atoms with Gasteiger partial charge >= 0.3 is 0 Å². The Bertz CT molecular complexity index is 499. The summed E-state index contributed by atoms with van der Waals surface area (Å²) in [5.41, 5.74) is 2.37. The summed E-state index contributed by atoms with van der Waals surface area (Å²) in [7, 11) is 0. The van der Waals surface area contributed by atoms with Gasteiger partial charge in [0.1, 0.15) is 12.4 Å². The summed E-state index contributed by atoms with van der Waals surface area (Å²) in [6.45, 7) is 3.53. The van der Waals surface area contributed by atoms with Crippen LogP contribution >= 0.6 is 15.9 Å². The number of ether oxygens (including phenoxy) is 1. The summed E-state index contributed by atoms with van der Waals surface area (Å²) >= 11 is 3.46. The number of halogens is 1. The van der Waals surface area contributed by atoms with Crippen LogP contribution in [0.5, 0.6) is 5.75 Å². The van der Waals surface area contributed by atoms with Crippen molar-refractivity contribution in [3.8, 4) is 5.75 Å². The lowest BCUT2D eigenvalue weighted by Gasteiger charge is -2.10. The van der Waals surface area contributed by atoms with Crippen LogP contribution in [0.3, 0.4) is 0 Å². The molecule has 0 amide bonds. The molecular formula is C15H16BrNO. The molecule has 0 spiro atoms. The molecule has 3 heteroatoms. The SMILES string of the molecule is Cc1cc(Br)ccc1NCCOc1ccccc1. The average molecular weight is 306 g/mol. The van der Waals surface area contributed by atoms with E-state index in [1.807, 2.05) is 36.4 Å². The number of anilines is 1. The molecule has 0 fully saturated rings. The van der Waals surface area contributed by atoms with Gasteiger partial charge in [0.25, 0.3) is 0 Å². The van der Waals surface area contributed by atoms with Gasteiger partial charge in [0, 0.05) is 16.7 Å². The fraction of sp³-hybridized carbons (Fsp3) is 0.200. The van der Waals surface area contributed by atoms with E-state index in [2.05, 4.69) is 40.3 Å². The molecule has 2 aromatic carbocycles. The van der Waals surface area contributed by atoms with E-state index in [1.165, 1.54) is 5.56 Å². The topological polar surface area (TPSA) is 21.3 Å². The standard InChI is InChI=1S/C15H16BrNO/c1-12-11-13(16)7-8-15(12)17-9-10-18-14-5-3-2-4-6-14/h2-8,11,17H,9-10H2,1H3. The maximum atomic E-state index is 5.62. The predicted octanol–water partition coefficient (Wildman–Crippen LogP) is 4.25. The second-order valence-corrected chi connectivity index (χ2v) is 4.96. The van der Waals surface area contributed by atoms with Crippen LogP contribution in [-0.2, 0) is 0 Å². The van der Waals surface area contributed by atoms with Crippen molar-refractivity contribution in [1.29, 1.82) is 0 Å². The maximum Gasteiger partial charge on any atom is 0.119 e. The molecule has 0 unspecified atom stereocenters. The summed E-state index contributed by atoms with van der Waals surface area (Å²) in [6, 6.07) is 16.1. The van der Waals surface area contributed by atoms with E-state index in [1.54, 1.807) is 0 Å². The van der Waals surface area contributed by atoms with Crippen LogP contribution in [0.4, 0.5) is 5.69 Å². The van der Waals surface area contributed by atoms with Crippen LogP contribution in [0.1, 0.15) is 5.56 Å². The van der Waals surface area contributed by atoms with Gasteiger partial charge in [0.15, 0.2) is 0 Å². The highest BCUT2D eigenvalue weighted by atomic mass is 79.9. The molecule has 2 nitrogen and oxygen atoms in total. The molecule has 0 bridgehead atoms. The van der Waals surface area contributed by atoms with Crippen LogP contribution in [0.2, 0.25) is 0 Å². The molecule has 2 rings (SSSR count). The molecule has 0 radical (unpaired) electrons. The molecule has 0 saturated heterocycles. The molecule has 0 saturated carbocycles. The Morgan fingerprint density at radius 1 is 1.11 bits per heavy atom. The molecule has 2 aromatic rings. The fourth-order valence-corrected chi connectivity index (χ4v) is 2.17. The number of benzene rings is 2. The fourth-order valence-electron chi connectivity index (χ4n) is 1.70. The normalized spacial score (nSPS) is 10.1. The number of hydrogen-bond acceptors (Lipinski definition) is 2. The Morgan fingerprint density at radius 2 is 1.89 bits per heavy atom. The lowest BCUT2D eigenvalue weighted by molar-refractivity contribution is 0.333. The van der Waals surface area contributed by atoms with Gasteiger partial charge in [-0.2, -0.15) is 0 Å². The van der Waals surface area contributed by atoms with Gasteiger partial charge < -0.3 is 10.1 Å². The minimum atomic E-state index is 0.652. The summed E-state index contributed by atoms with van der Waals surface area (Å²) in [5, 5.41) is 3.36. The highest BCUT2D eigenvalue weighted by Gasteiger charge is 1.98. The monoisotopic (exact) mass is 305 g/mol. The highest BCUT2D eigenvalue weighted by molar-refractivity contribution is 9.10. The van der Waals surface area contributed by atoms with Crippen molar-refractivity contribution in [2.45, 2.75) is 6.92 Å². The summed E-state index contributed by atoms with van der Waals surface area (Å²) in [5.74, 6) is 0.909. The Labute approximate surface area is 116 Å². The van der Waals surface area contributed by atoms with Crippen molar-refractivity contribution in [2.24, 2.45) is 0 Å². The molecule has 18 heavy (non-hydrogen) atoms. The van der Waals surface area contributed by atoms with Crippen LogP contribution in [-0.4, -0.2) is 13.2 Å². The Morgan fingerprint density at radius 3 is 2.61 bits per heavy atom. The summed E-state index contributed by atoms with van der Waals surface area (Å²) < 4.78 is 6.72.